The number of nitrogens with zero attached hydrogens (tertiary/aromatic N) is 2. The lowest BCUT2D eigenvalue weighted by atomic mass is 10.0. The summed E-state index contributed by atoms with van der Waals surface area (Å²) in [6.45, 7) is 3.32. The van der Waals surface area contributed by atoms with Gasteiger partial charge < -0.3 is 15.7 Å². The monoisotopic (exact) mass is 284 g/mol. The van der Waals surface area contributed by atoms with Gasteiger partial charge in [-0.1, -0.05) is 25.1 Å². The van der Waals surface area contributed by atoms with Crippen molar-refractivity contribution in [2.75, 3.05) is 23.7 Å². The molecule has 0 amide bonds. The highest BCUT2D eigenvalue weighted by atomic mass is 16.3. The maximum absolute atomic E-state index is 9.72. The molecule has 2 aromatic rings. The number of anilines is 2. The van der Waals surface area contributed by atoms with E-state index in [0.717, 1.165) is 47.7 Å². The van der Waals surface area contributed by atoms with E-state index in [9.17, 15) is 5.11 Å². The number of para-hydroxylation sites is 1. The van der Waals surface area contributed by atoms with Crippen LogP contribution in [0.3, 0.4) is 0 Å². The number of aromatic nitrogens is 2. The Morgan fingerprint density at radius 1 is 1.33 bits per heavy atom. The van der Waals surface area contributed by atoms with Crippen LogP contribution in [0.1, 0.15) is 18.9 Å². The smallest absolute Gasteiger partial charge is 0.133 e. The van der Waals surface area contributed by atoms with Gasteiger partial charge in [-0.25, -0.2) is 9.97 Å². The average molecular weight is 284 g/mol. The Labute approximate surface area is 124 Å². The van der Waals surface area contributed by atoms with E-state index in [4.69, 9.17) is 0 Å². The molecule has 0 radical (unpaired) electrons. The third-order valence-electron chi connectivity index (χ3n) is 3.79. The number of hydrogen-bond donors (Lipinski definition) is 3. The fourth-order valence-electron chi connectivity index (χ4n) is 2.56. The molecule has 1 aromatic carbocycles. The Balaban J connectivity index is 1.97. The molecule has 0 saturated carbocycles. The van der Waals surface area contributed by atoms with Crippen LogP contribution in [0.25, 0.3) is 11.3 Å². The molecule has 5 nitrogen and oxygen atoms in total. The summed E-state index contributed by atoms with van der Waals surface area (Å²) >= 11 is 0. The van der Waals surface area contributed by atoms with E-state index in [1.165, 1.54) is 0 Å². The summed E-state index contributed by atoms with van der Waals surface area (Å²) in [5, 5.41) is 16.4. The number of rotatable bonds is 4. The number of aliphatic hydroxyl groups excluding tert-OH is 1. The summed E-state index contributed by atoms with van der Waals surface area (Å²) in [6, 6.07) is 8.19. The second-order valence-corrected chi connectivity index (χ2v) is 5.21. The van der Waals surface area contributed by atoms with Gasteiger partial charge in [-0.15, -0.1) is 0 Å². The lowest BCUT2D eigenvalue weighted by Crippen LogP contribution is -2.20. The van der Waals surface area contributed by atoms with E-state index in [-0.39, 0.29) is 6.10 Å². The highest BCUT2D eigenvalue weighted by Crippen LogP contribution is 2.33. The van der Waals surface area contributed by atoms with Crippen LogP contribution in [-0.2, 0) is 6.42 Å². The summed E-state index contributed by atoms with van der Waals surface area (Å²) in [7, 11) is 0. The molecule has 5 heteroatoms. The molecular weight excluding hydrogens is 264 g/mol. The molecule has 1 aromatic heterocycles. The highest BCUT2D eigenvalue weighted by molar-refractivity contribution is 5.80. The van der Waals surface area contributed by atoms with E-state index in [1.807, 2.05) is 19.1 Å². The van der Waals surface area contributed by atoms with E-state index < -0.39 is 0 Å². The average Bonchev–Trinajstić information content (AvgIpc) is 2.72. The van der Waals surface area contributed by atoms with Crippen LogP contribution < -0.4 is 10.6 Å². The maximum Gasteiger partial charge on any atom is 0.133 e. The van der Waals surface area contributed by atoms with Crippen LogP contribution >= 0.6 is 0 Å². The first-order valence-corrected chi connectivity index (χ1v) is 7.38. The van der Waals surface area contributed by atoms with Crippen LogP contribution in [0, 0.1) is 0 Å². The summed E-state index contributed by atoms with van der Waals surface area (Å²) < 4.78 is 0. The van der Waals surface area contributed by atoms with Crippen molar-refractivity contribution in [1.29, 1.82) is 0 Å². The molecule has 1 aliphatic rings. The van der Waals surface area contributed by atoms with Crippen molar-refractivity contribution in [2.24, 2.45) is 0 Å². The van der Waals surface area contributed by atoms with Crippen LogP contribution in [0.4, 0.5) is 11.5 Å². The van der Waals surface area contributed by atoms with Crippen molar-refractivity contribution in [3.05, 3.63) is 36.2 Å². The van der Waals surface area contributed by atoms with Crippen LogP contribution in [-0.4, -0.2) is 34.3 Å². The zero-order valence-corrected chi connectivity index (χ0v) is 12.1. The van der Waals surface area contributed by atoms with Gasteiger partial charge in [0.25, 0.3) is 0 Å². The number of aliphatic hydroxyl groups is 1. The number of fused-ring (bicyclic) bond motifs is 3. The number of hydrogen-bond acceptors (Lipinski definition) is 5. The maximum atomic E-state index is 9.72. The lowest BCUT2D eigenvalue weighted by Gasteiger charge is -2.14. The second kappa shape index (κ2) is 6.10. The van der Waals surface area contributed by atoms with Crippen LogP contribution in [0.5, 0.6) is 0 Å². The van der Waals surface area contributed by atoms with Gasteiger partial charge in [0.2, 0.25) is 0 Å². The topological polar surface area (TPSA) is 70.1 Å². The first-order valence-electron chi connectivity index (χ1n) is 7.38. The van der Waals surface area contributed by atoms with Crippen molar-refractivity contribution in [1.82, 2.24) is 9.97 Å². The van der Waals surface area contributed by atoms with Crippen molar-refractivity contribution >= 4 is 11.5 Å². The van der Waals surface area contributed by atoms with Crippen molar-refractivity contribution < 1.29 is 5.11 Å². The fraction of sp³-hybridized carbons (Fsp3) is 0.375. The zero-order chi connectivity index (χ0) is 14.7. The molecule has 110 valence electrons. The minimum Gasteiger partial charge on any atom is -0.391 e. The van der Waals surface area contributed by atoms with Crippen LogP contribution in [0.15, 0.2) is 30.6 Å². The summed E-state index contributed by atoms with van der Waals surface area (Å²) in [5.41, 5.74) is 4.29. The molecule has 0 fully saturated rings. The molecule has 21 heavy (non-hydrogen) atoms. The second-order valence-electron chi connectivity index (χ2n) is 5.21. The number of benzene rings is 1. The third-order valence-corrected chi connectivity index (χ3v) is 3.79. The van der Waals surface area contributed by atoms with E-state index in [1.54, 1.807) is 6.33 Å². The molecule has 3 rings (SSSR count). The number of nitrogens with one attached hydrogen (secondary N) is 2. The predicted octanol–water partition coefficient (Wildman–Crippen LogP) is 2.29. The molecule has 1 atom stereocenters. The lowest BCUT2D eigenvalue weighted by molar-refractivity contribution is 0.183. The van der Waals surface area contributed by atoms with Gasteiger partial charge in [-0.05, 0) is 18.9 Å². The van der Waals surface area contributed by atoms with Gasteiger partial charge in [0.05, 0.1) is 11.8 Å². The highest BCUT2D eigenvalue weighted by Gasteiger charge is 2.18. The Hall–Kier alpha value is -2.14. The Kier molecular flexibility index (Phi) is 4.01. The standard InChI is InChI=1S/C16H20N4O/c1-2-11(21)9-18-16-13-7-8-17-14-6-4-3-5-12(14)15(13)19-10-20-16/h3-6,10-11,17,21H,2,7-9H2,1H3,(H,18,19,20). The first-order chi connectivity index (χ1) is 10.3. The molecular formula is C16H20N4O. The summed E-state index contributed by atoms with van der Waals surface area (Å²) in [6.07, 6.45) is 2.81. The molecule has 0 spiro atoms. The van der Waals surface area contributed by atoms with Gasteiger partial charge in [0, 0.05) is 29.9 Å². The van der Waals surface area contributed by atoms with E-state index in [0.29, 0.717) is 6.54 Å². The largest absolute Gasteiger partial charge is 0.391 e. The Morgan fingerprint density at radius 2 is 2.19 bits per heavy atom. The van der Waals surface area contributed by atoms with Gasteiger partial charge in [0.15, 0.2) is 0 Å². The van der Waals surface area contributed by atoms with Gasteiger partial charge >= 0.3 is 0 Å². The summed E-state index contributed by atoms with van der Waals surface area (Å²) in [4.78, 5) is 8.83. The molecule has 1 aliphatic heterocycles. The molecule has 0 bridgehead atoms. The Bertz CT molecular complexity index is 629. The van der Waals surface area contributed by atoms with E-state index in [2.05, 4.69) is 32.7 Å². The van der Waals surface area contributed by atoms with Gasteiger partial charge in [-0.3, -0.25) is 0 Å². The Morgan fingerprint density at radius 3 is 3.05 bits per heavy atom. The molecule has 1 unspecified atom stereocenters. The predicted molar refractivity (Wildman–Crippen MR) is 84.4 cm³/mol. The molecule has 2 heterocycles. The molecule has 0 aliphatic carbocycles. The molecule has 0 saturated heterocycles. The quantitative estimate of drug-likeness (QED) is 0.803. The van der Waals surface area contributed by atoms with Crippen molar-refractivity contribution in [3.63, 3.8) is 0 Å². The minimum absolute atomic E-state index is 0.355. The van der Waals surface area contributed by atoms with Crippen molar-refractivity contribution in [3.8, 4) is 11.3 Å². The first kappa shape index (κ1) is 13.8. The van der Waals surface area contributed by atoms with Gasteiger partial charge in [0.1, 0.15) is 12.1 Å². The third kappa shape index (κ3) is 2.83. The van der Waals surface area contributed by atoms with Crippen molar-refractivity contribution in [2.45, 2.75) is 25.9 Å². The minimum atomic E-state index is -0.355. The van der Waals surface area contributed by atoms with Gasteiger partial charge in [-0.2, -0.15) is 0 Å². The summed E-state index contributed by atoms with van der Waals surface area (Å²) in [5.74, 6) is 0.825. The fourth-order valence-corrected chi connectivity index (χ4v) is 2.56. The van der Waals surface area contributed by atoms with E-state index >= 15 is 0 Å². The van der Waals surface area contributed by atoms with Crippen LogP contribution in [0.2, 0.25) is 0 Å². The zero-order valence-electron chi connectivity index (χ0n) is 12.1. The SMILES string of the molecule is CCC(O)CNc1ncnc2c1CCNc1ccccc1-2. The normalized spacial score (nSPS) is 14.4. The molecule has 3 N–H and O–H groups in total.